The van der Waals surface area contributed by atoms with Gasteiger partial charge in [0, 0.05) is 12.3 Å². The first kappa shape index (κ1) is 13.2. The molecule has 2 aliphatic heterocycles. The van der Waals surface area contributed by atoms with E-state index in [-0.39, 0.29) is 0 Å². The van der Waals surface area contributed by atoms with Crippen LogP contribution in [0.4, 0.5) is 0 Å². The quantitative estimate of drug-likeness (QED) is 0.776. The van der Waals surface area contributed by atoms with Gasteiger partial charge in [-0.25, -0.2) is 0 Å². The number of hydrogen-bond acceptors (Lipinski definition) is 4. The molecule has 17 heavy (non-hydrogen) atoms. The molecule has 2 atom stereocenters. The van der Waals surface area contributed by atoms with E-state index in [0.717, 1.165) is 25.3 Å². The fraction of sp³-hybridized carbons (Fsp3) is 0.917. The summed E-state index contributed by atoms with van der Waals surface area (Å²) in [6.45, 7) is 1.74. The van der Waals surface area contributed by atoms with Crippen LogP contribution in [0.25, 0.3) is 0 Å². The van der Waals surface area contributed by atoms with Crippen molar-refractivity contribution in [3.05, 3.63) is 0 Å². The molecule has 2 rings (SSSR count). The maximum absolute atomic E-state index is 11.6. The number of aliphatic carboxylic acids is 1. The normalized spacial score (nSPS) is 40.1. The summed E-state index contributed by atoms with van der Waals surface area (Å²) in [5.74, 6) is 0.599. The number of carboxylic acids is 1. The lowest BCUT2D eigenvalue weighted by atomic mass is 9.67. The number of rotatable bonds is 2. The van der Waals surface area contributed by atoms with Crippen LogP contribution in [0.3, 0.4) is 0 Å². The number of carboxylic acid groups (broad SMARTS) is 1. The third-order valence-corrected chi connectivity index (χ3v) is 5.55. The molecule has 0 aromatic carbocycles. The zero-order valence-corrected chi connectivity index (χ0v) is 11.1. The van der Waals surface area contributed by atoms with Crippen LogP contribution >= 0.6 is 11.8 Å². The summed E-state index contributed by atoms with van der Waals surface area (Å²) in [7, 11) is 2.03. The second-order valence-electron chi connectivity index (χ2n) is 5.38. The van der Waals surface area contributed by atoms with Crippen molar-refractivity contribution in [2.75, 3.05) is 31.6 Å². The highest BCUT2D eigenvalue weighted by Gasteiger charge is 2.57. The van der Waals surface area contributed by atoms with Crippen LogP contribution in [-0.2, 0) is 4.79 Å². The van der Waals surface area contributed by atoms with Crippen LogP contribution in [0.2, 0.25) is 0 Å². The van der Waals surface area contributed by atoms with E-state index in [9.17, 15) is 15.0 Å². The third kappa shape index (κ3) is 2.20. The molecule has 2 aliphatic rings. The molecule has 4 nitrogen and oxygen atoms in total. The van der Waals surface area contributed by atoms with Gasteiger partial charge >= 0.3 is 5.97 Å². The molecule has 2 fully saturated rings. The van der Waals surface area contributed by atoms with Crippen molar-refractivity contribution in [1.82, 2.24) is 4.90 Å². The molecule has 0 aromatic rings. The summed E-state index contributed by atoms with van der Waals surface area (Å²) < 4.78 is 0. The van der Waals surface area contributed by atoms with Gasteiger partial charge in [0.2, 0.25) is 0 Å². The van der Waals surface area contributed by atoms with E-state index in [0.29, 0.717) is 25.0 Å². The standard InChI is InChI=1S/C12H21NO3S/c1-13-6-2-3-12(16,4-7-13)11(10(14)15)5-8-17-9-11/h16H,2-9H2,1H3,(H,14,15). The van der Waals surface area contributed by atoms with E-state index >= 15 is 0 Å². The molecule has 2 N–H and O–H groups in total. The molecule has 2 unspecified atom stereocenters. The van der Waals surface area contributed by atoms with E-state index in [4.69, 9.17) is 0 Å². The predicted octanol–water partition coefficient (Wildman–Crippen LogP) is 1.04. The van der Waals surface area contributed by atoms with Gasteiger partial charge < -0.3 is 15.1 Å². The Labute approximate surface area is 106 Å². The second-order valence-corrected chi connectivity index (χ2v) is 6.48. The van der Waals surface area contributed by atoms with Crippen LogP contribution in [0.1, 0.15) is 25.7 Å². The highest BCUT2D eigenvalue weighted by Crippen LogP contribution is 2.49. The molecule has 0 spiro atoms. The Balaban J connectivity index is 2.25. The van der Waals surface area contributed by atoms with Gasteiger partial charge in [0.05, 0.1) is 5.60 Å². The van der Waals surface area contributed by atoms with Crippen molar-refractivity contribution in [2.45, 2.75) is 31.3 Å². The van der Waals surface area contributed by atoms with E-state index in [1.165, 1.54) is 0 Å². The second kappa shape index (κ2) is 4.78. The van der Waals surface area contributed by atoms with Crippen LogP contribution in [0, 0.1) is 5.41 Å². The molecule has 2 heterocycles. The summed E-state index contributed by atoms with van der Waals surface area (Å²) in [4.78, 5) is 13.8. The van der Waals surface area contributed by atoms with E-state index in [1.807, 2.05) is 7.05 Å². The highest BCUT2D eigenvalue weighted by atomic mass is 32.2. The Bertz CT molecular complexity index is 304. The van der Waals surface area contributed by atoms with Crippen molar-refractivity contribution in [1.29, 1.82) is 0 Å². The monoisotopic (exact) mass is 259 g/mol. The summed E-state index contributed by atoms with van der Waals surface area (Å²) >= 11 is 1.65. The largest absolute Gasteiger partial charge is 0.481 e. The zero-order chi connectivity index (χ0) is 12.5. The first-order valence-corrected chi connectivity index (χ1v) is 7.38. The minimum absolute atomic E-state index is 0.558. The smallest absolute Gasteiger partial charge is 0.313 e. The highest BCUT2D eigenvalue weighted by molar-refractivity contribution is 7.99. The topological polar surface area (TPSA) is 60.8 Å². The fourth-order valence-corrected chi connectivity index (χ4v) is 4.55. The average molecular weight is 259 g/mol. The average Bonchev–Trinajstić information content (AvgIpc) is 2.71. The van der Waals surface area contributed by atoms with Crippen LogP contribution in [0.15, 0.2) is 0 Å². The molecule has 5 heteroatoms. The number of aliphatic hydroxyl groups is 1. The van der Waals surface area contributed by atoms with Crippen molar-refractivity contribution in [3.8, 4) is 0 Å². The minimum atomic E-state index is -1.02. The number of nitrogens with zero attached hydrogens (tertiary/aromatic N) is 1. The predicted molar refractivity (Wildman–Crippen MR) is 68.3 cm³/mol. The number of hydrogen-bond donors (Lipinski definition) is 2. The van der Waals surface area contributed by atoms with Crippen molar-refractivity contribution >= 4 is 17.7 Å². The minimum Gasteiger partial charge on any atom is -0.481 e. The van der Waals surface area contributed by atoms with Gasteiger partial charge in [0.15, 0.2) is 0 Å². The van der Waals surface area contributed by atoms with Crippen LogP contribution in [0.5, 0.6) is 0 Å². The van der Waals surface area contributed by atoms with Crippen molar-refractivity contribution in [3.63, 3.8) is 0 Å². The van der Waals surface area contributed by atoms with Gasteiger partial charge in [-0.2, -0.15) is 11.8 Å². The van der Waals surface area contributed by atoms with E-state index in [2.05, 4.69) is 4.90 Å². The molecule has 0 bridgehead atoms. The first-order chi connectivity index (χ1) is 8.00. The maximum atomic E-state index is 11.6. The fourth-order valence-electron chi connectivity index (χ4n) is 3.03. The molecular weight excluding hydrogens is 238 g/mol. The third-order valence-electron chi connectivity index (χ3n) is 4.36. The molecule has 2 saturated heterocycles. The number of thioether (sulfide) groups is 1. The van der Waals surface area contributed by atoms with Gasteiger partial charge in [-0.05, 0) is 45.0 Å². The molecule has 0 saturated carbocycles. The van der Waals surface area contributed by atoms with Crippen LogP contribution in [-0.4, -0.2) is 58.3 Å². The van der Waals surface area contributed by atoms with Gasteiger partial charge in [0.25, 0.3) is 0 Å². The molecule has 98 valence electrons. The lowest BCUT2D eigenvalue weighted by molar-refractivity contribution is -0.167. The maximum Gasteiger partial charge on any atom is 0.313 e. The number of likely N-dealkylation sites (tertiary alicyclic amines) is 1. The summed E-state index contributed by atoms with van der Waals surface area (Å²) in [5, 5.41) is 20.4. The van der Waals surface area contributed by atoms with Crippen LogP contribution < -0.4 is 0 Å². The number of carbonyl (C=O) groups is 1. The van der Waals surface area contributed by atoms with Gasteiger partial charge in [0.1, 0.15) is 5.41 Å². The van der Waals surface area contributed by atoms with E-state index < -0.39 is 17.0 Å². The molecular formula is C12H21NO3S. The summed E-state index contributed by atoms with van der Waals surface area (Å²) in [6, 6.07) is 0. The molecule has 0 aliphatic carbocycles. The van der Waals surface area contributed by atoms with Gasteiger partial charge in [-0.3, -0.25) is 4.79 Å². The SMILES string of the molecule is CN1CCCC(O)(C2(C(=O)O)CCSC2)CC1. The molecule has 0 aromatic heterocycles. The Hall–Kier alpha value is -0.260. The molecule has 0 radical (unpaired) electrons. The Morgan fingerprint density at radius 2 is 2.06 bits per heavy atom. The lowest BCUT2D eigenvalue weighted by Gasteiger charge is -2.41. The van der Waals surface area contributed by atoms with Gasteiger partial charge in [-0.1, -0.05) is 0 Å². The molecule has 0 amide bonds. The Morgan fingerprint density at radius 3 is 2.65 bits per heavy atom. The Morgan fingerprint density at radius 1 is 1.29 bits per heavy atom. The van der Waals surface area contributed by atoms with Crippen molar-refractivity contribution < 1.29 is 15.0 Å². The van der Waals surface area contributed by atoms with E-state index in [1.54, 1.807) is 11.8 Å². The van der Waals surface area contributed by atoms with Crippen molar-refractivity contribution in [2.24, 2.45) is 5.41 Å². The zero-order valence-electron chi connectivity index (χ0n) is 10.3. The van der Waals surface area contributed by atoms with Gasteiger partial charge in [-0.15, -0.1) is 0 Å². The summed E-state index contributed by atoms with van der Waals surface area (Å²) in [5.41, 5.74) is -1.93. The lowest BCUT2D eigenvalue weighted by Crippen LogP contribution is -2.54. The first-order valence-electron chi connectivity index (χ1n) is 6.22. The summed E-state index contributed by atoms with van der Waals surface area (Å²) in [6.07, 6.45) is 2.68. The Kier molecular flexibility index (Phi) is 3.71.